The number of hydrogen-bond donors (Lipinski definition) is 2. The van der Waals surface area contributed by atoms with E-state index in [9.17, 15) is 0 Å². The summed E-state index contributed by atoms with van der Waals surface area (Å²) in [5, 5.41) is 8.98. The summed E-state index contributed by atoms with van der Waals surface area (Å²) in [5.74, 6) is 1.22. The maximum atomic E-state index is 8.98. The first-order valence-corrected chi connectivity index (χ1v) is 6.65. The van der Waals surface area contributed by atoms with Gasteiger partial charge in [0.1, 0.15) is 11.6 Å². The highest BCUT2D eigenvalue weighted by Gasteiger charge is 2.16. The van der Waals surface area contributed by atoms with E-state index >= 15 is 0 Å². The fourth-order valence-electron chi connectivity index (χ4n) is 1.77. The average molecular weight is 319 g/mol. The molecule has 112 valence electrons. The summed E-state index contributed by atoms with van der Waals surface area (Å²) in [6.07, 6.45) is 2.47. The van der Waals surface area contributed by atoms with Gasteiger partial charge in [-0.2, -0.15) is 4.57 Å². The second-order valence-electron chi connectivity index (χ2n) is 4.16. The molecule has 5 N–H and O–H groups in total. The van der Waals surface area contributed by atoms with Crippen molar-refractivity contribution in [1.29, 1.82) is 0 Å². The summed E-state index contributed by atoms with van der Waals surface area (Å²) in [6.45, 7) is 4.71. The summed E-state index contributed by atoms with van der Waals surface area (Å²) in [7, 11) is 0. The molecule has 2 aromatic heterocycles. The molecule has 0 unspecified atom stereocenters. The second-order valence-corrected chi connectivity index (χ2v) is 5.10. The number of aliphatic hydroxyl groups excluding tert-OH is 1. The second kappa shape index (κ2) is 8.11. The van der Waals surface area contributed by atoms with E-state index in [0.717, 1.165) is 11.3 Å². The molecule has 0 amide bonds. The molecule has 0 spiro atoms. The van der Waals surface area contributed by atoms with E-state index in [0.29, 0.717) is 24.6 Å². The van der Waals surface area contributed by atoms with Gasteiger partial charge in [0.25, 0.3) is 0 Å². The molecule has 8 heteroatoms. The van der Waals surface area contributed by atoms with Crippen LogP contribution in [0, 0.1) is 13.8 Å². The number of thiazole rings is 1. The van der Waals surface area contributed by atoms with Gasteiger partial charge in [-0.1, -0.05) is 11.3 Å². The third-order valence-corrected chi connectivity index (χ3v) is 4.00. The molecular formula is C12H19ClN4O2S. The zero-order chi connectivity index (χ0) is 13.1. The van der Waals surface area contributed by atoms with Gasteiger partial charge in [0.15, 0.2) is 12.2 Å². The van der Waals surface area contributed by atoms with Crippen LogP contribution in [0.25, 0.3) is 0 Å². The number of rotatable bonds is 4. The summed E-state index contributed by atoms with van der Waals surface area (Å²) >= 11 is 1.65. The van der Waals surface area contributed by atoms with Crippen molar-refractivity contribution < 1.29 is 27.6 Å². The van der Waals surface area contributed by atoms with Gasteiger partial charge in [0.2, 0.25) is 5.51 Å². The van der Waals surface area contributed by atoms with Crippen molar-refractivity contribution in [2.45, 2.75) is 26.8 Å². The van der Waals surface area contributed by atoms with Crippen LogP contribution in [0.4, 0.5) is 5.82 Å². The highest BCUT2D eigenvalue weighted by atomic mass is 35.5. The SMILES string of the molecule is Cc1ncc(C[n+]2csc(CCO)c2C)c(N)n1.O.[Cl-]. The van der Waals surface area contributed by atoms with Gasteiger partial charge >= 0.3 is 0 Å². The molecule has 0 saturated heterocycles. The number of aryl methyl sites for hydroxylation is 1. The van der Waals surface area contributed by atoms with Crippen molar-refractivity contribution in [1.82, 2.24) is 9.97 Å². The molecule has 0 aliphatic rings. The van der Waals surface area contributed by atoms with Crippen LogP contribution in [0.1, 0.15) is 22.0 Å². The minimum atomic E-state index is 0. The Hall–Kier alpha value is -1.28. The fourth-order valence-corrected chi connectivity index (χ4v) is 2.75. The maximum Gasteiger partial charge on any atom is 0.225 e. The molecule has 0 aromatic carbocycles. The quantitative estimate of drug-likeness (QED) is 0.578. The standard InChI is InChI=1S/C12H17N4OS.ClH.H2O/c1-8-11(3-4-17)18-7-16(8)6-10-5-14-9(2)15-12(10)13;;/h5,7,17H,3-4,6H2,1-2H3,(H2,13,14,15);1H;1H2/q+1;;/p-1. The van der Waals surface area contributed by atoms with E-state index in [1.54, 1.807) is 17.5 Å². The zero-order valence-electron chi connectivity index (χ0n) is 11.4. The molecular weight excluding hydrogens is 300 g/mol. The first-order valence-electron chi connectivity index (χ1n) is 5.77. The van der Waals surface area contributed by atoms with Crippen molar-refractivity contribution in [3.63, 3.8) is 0 Å². The van der Waals surface area contributed by atoms with Crippen LogP contribution in [-0.2, 0) is 13.0 Å². The number of nitrogen functional groups attached to an aromatic ring is 1. The number of halogens is 1. The molecule has 0 atom stereocenters. The van der Waals surface area contributed by atoms with E-state index in [1.807, 2.05) is 19.4 Å². The molecule has 2 aromatic rings. The first kappa shape index (κ1) is 18.7. The molecule has 2 rings (SSSR count). The van der Waals surface area contributed by atoms with Crippen LogP contribution < -0.4 is 22.7 Å². The summed E-state index contributed by atoms with van der Waals surface area (Å²) in [6, 6.07) is 0. The Kier molecular flexibility index (Phi) is 7.59. The van der Waals surface area contributed by atoms with E-state index in [4.69, 9.17) is 10.8 Å². The Labute approximate surface area is 128 Å². The van der Waals surface area contributed by atoms with Crippen LogP contribution in [0.2, 0.25) is 0 Å². The predicted octanol–water partition coefficient (Wildman–Crippen LogP) is -3.21. The number of nitrogens with zero attached hydrogens (tertiary/aromatic N) is 3. The van der Waals surface area contributed by atoms with Crippen LogP contribution in [-0.4, -0.2) is 27.2 Å². The molecule has 0 fully saturated rings. The molecule has 0 saturated carbocycles. The average Bonchev–Trinajstić information content (AvgIpc) is 2.66. The Morgan fingerprint density at radius 2 is 2.10 bits per heavy atom. The Bertz CT molecular complexity index is 562. The van der Waals surface area contributed by atoms with Gasteiger partial charge in [-0.05, 0) is 6.92 Å². The monoisotopic (exact) mass is 318 g/mol. The topological polar surface area (TPSA) is 107 Å². The number of hydrogen-bond acceptors (Lipinski definition) is 5. The summed E-state index contributed by atoms with van der Waals surface area (Å²) in [4.78, 5) is 9.53. The molecule has 2 heterocycles. The molecule has 0 aliphatic heterocycles. The zero-order valence-corrected chi connectivity index (χ0v) is 13.0. The number of nitrogens with two attached hydrogens (primary N) is 1. The van der Waals surface area contributed by atoms with Crippen molar-refractivity contribution >= 4 is 17.2 Å². The number of anilines is 1. The molecule has 6 nitrogen and oxygen atoms in total. The molecule has 0 bridgehead atoms. The number of aromatic nitrogens is 3. The normalized spacial score (nSPS) is 9.75. The lowest BCUT2D eigenvalue weighted by Crippen LogP contribution is -3.00. The summed E-state index contributed by atoms with van der Waals surface area (Å²) in [5.41, 5.74) is 10.0. The van der Waals surface area contributed by atoms with Gasteiger partial charge in [-0.25, -0.2) is 9.97 Å². The number of aliphatic hydroxyl groups is 1. The van der Waals surface area contributed by atoms with E-state index in [-0.39, 0.29) is 24.5 Å². The van der Waals surface area contributed by atoms with E-state index in [1.165, 1.54) is 4.88 Å². The Balaban J connectivity index is 0.00000180. The lowest BCUT2D eigenvalue weighted by molar-refractivity contribution is -0.689. The van der Waals surface area contributed by atoms with Gasteiger partial charge in [0, 0.05) is 26.1 Å². The highest BCUT2D eigenvalue weighted by Crippen LogP contribution is 2.13. The minimum absolute atomic E-state index is 0. The molecule has 0 radical (unpaired) electrons. The van der Waals surface area contributed by atoms with Crippen molar-refractivity contribution in [2.75, 3.05) is 12.3 Å². The van der Waals surface area contributed by atoms with Crippen molar-refractivity contribution in [2.24, 2.45) is 0 Å². The smallest absolute Gasteiger partial charge is 0.225 e. The molecule has 0 aliphatic carbocycles. The fraction of sp³-hybridized carbons (Fsp3) is 0.417. The van der Waals surface area contributed by atoms with E-state index in [2.05, 4.69) is 14.5 Å². The van der Waals surface area contributed by atoms with Gasteiger partial charge in [-0.3, -0.25) is 0 Å². The van der Waals surface area contributed by atoms with Crippen LogP contribution in [0.15, 0.2) is 11.7 Å². The van der Waals surface area contributed by atoms with Crippen LogP contribution >= 0.6 is 11.3 Å². The van der Waals surface area contributed by atoms with Gasteiger partial charge < -0.3 is 28.7 Å². The minimum Gasteiger partial charge on any atom is -1.00 e. The molecule has 20 heavy (non-hydrogen) atoms. The Morgan fingerprint density at radius 3 is 2.70 bits per heavy atom. The van der Waals surface area contributed by atoms with Crippen molar-refractivity contribution in [3.8, 4) is 0 Å². The van der Waals surface area contributed by atoms with Crippen molar-refractivity contribution in [3.05, 3.63) is 33.7 Å². The maximum absolute atomic E-state index is 8.98. The first-order chi connectivity index (χ1) is 8.61. The van der Waals surface area contributed by atoms with Gasteiger partial charge in [0.05, 0.1) is 10.4 Å². The summed E-state index contributed by atoms with van der Waals surface area (Å²) < 4.78 is 2.11. The van der Waals surface area contributed by atoms with Gasteiger partial charge in [-0.15, -0.1) is 0 Å². The lowest BCUT2D eigenvalue weighted by atomic mass is 10.2. The predicted molar refractivity (Wildman–Crippen MR) is 73.9 cm³/mol. The largest absolute Gasteiger partial charge is 1.00 e. The third-order valence-electron chi connectivity index (χ3n) is 2.85. The Morgan fingerprint density at radius 1 is 1.40 bits per heavy atom. The third kappa shape index (κ3) is 4.11. The van der Waals surface area contributed by atoms with Crippen LogP contribution in [0.5, 0.6) is 0 Å². The van der Waals surface area contributed by atoms with E-state index < -0.39 is 0 Å². The van der Waals surface area contributed by atoms with Crippen LogP contribution in [0.3, 0.4) is 0 Å². The lowest BCUT2D eigenvalue weighted by Gasteiger charge is -2.01. The highest BCUT2D eigenvalue weighted by molar-refractivity contribution is 7.09.